The van der Waals surface area contributed by atoms with Gasteiger partial charge < -0.3 is 19.3 Å². The van der Waals surface area contributed by atoms with Crippen LogP contribution in [-0.4, -0.2) is 35.5 Å². The zero-order valence-electron chi connectivity index (χ0n) is 24.4. The molecular weight excluding hydrogens is 576 g/mol. The molecule has 1 fully saturated rings. The monoisotopic (exact) mass is 606 g/mol. The van der Waals surface area contributed by atoms with Crippen molar-refractivity contribution in [3.63, 3.8) is 0 Å². The predicted octanol–water partition coefficient (Wildman–Crippen LogP) is 7.22. The number of aliphatic hydroxyl groups is 1. The Morgan fingerprint density at radius 3 is 2.43 bits per heavy atom. The van der Waals surface area contributed by atoms with E-state index in [2.05, 4.69) is 0 Å². The van der Waals surface area contributed by atoms with Crippen molar-refractivity contribution in [2.45, 2.75) is 26.5 Å². The summed E-state index contributed by atoms with van der Waals surface area (Å²) in [5.41, 5.74) is 3.65. The molecule has 0 aliphatic carbocycles. The number of nitrogens with zero attached hydrogens (tertiary/aromatic N) is 2. The summed E-state index contributed by atoms with van der Waals surface area (Å²) in [6.45, 7) is 4.68. The zero-order chi connectivity index (χ0) is 30.8. The quantitative estimate of drug-likeness (QED) is 0.107. The third kappa shape index (κ3) is 5.49. The van der Waals surface area contributed by atoms with Crippen LogP contribution in [0.4, 0.5) is 5.13 Å². The highest BCUT2D eigenvalue weighted by Crippen LogP contribution is 2.46. The van der Waals surface area contributed by atoms with Gasteiger partial charge in [-0.05, 0) is 79.1 Å². The Morgan fingerprint density at radius 1 is 0.932 bits per heavy atom. The minimum absolute atomic E-state index is 0.0467. The van der Waals surface area contributed by atoms with Crippen molar-refractivity contribution in [2.75, 3.05) is 18.6 Å². The number of aryl methyl sites for hydroxylation is 1. The number of fused-ring (bicyclic) bond motifs is 1. The van der Waals surface area contributed by atoms with Crippen LogP contribution in [0.15, 0.2) is 96.6 Å². The Hall–Kier alpha value is -5.15. The number of ketones is 1. The maximum atomic E-state index is 13.7. The lowest BCUT2D eigenvalue weighted by Crippen LogP contribution is -2.29. The second-order valence-corrected chi connectivity index (χ2v) is 11.3. The average Bonchev–Trinajstić information content (AvgIpc) is 3.57. The highest BCUT2D eigenvalue weighted by molar-refractivity contribution is 7.22. The molecule has 1 aromatic heterocycles. The van der Waals surface area contributed by atoms with Crippen molar-refractivity contribution in [3.05, 3.63) is 119 Å². The van der Waals surface area contributed by atoms with Crippen LogP contribution in [0, 0.1) is 6.92 Å². The van der Waals surface area contributed by atoms with E-state index in [0.29, 0.717) is 52.2 Å². The molecule has 4 aromatic carbocycles. The molecular formula is C35H30N2O6S. The highest BCUT2D eigenvalue weighted by atomic mass is 32.1. The molecule has 0 bridgehead atoms. The van der Waals surface area contributed by atoms with Crippen LogP contribution in [0.2, 0.25) is 0 Å². The van der Waals surface area contributed by atoms with E-state index in [1.54, 1.807) is 42.5 Å². The number of hydrogen-bond donors (Lipinski definition) is 1. The van der Waals surface area contributed by atoms with Crippen molar-refractivity contribution in [1.29, 1.82) is 0 Å². The Balaban J connectivity index is 1.46. The van der Waals surface area contributed by atoms with Gasteiger partial charge >= 0.3 is 5.91 Å². The van der Waals surface area contributed by atoms with Crippen LogP contribution in [0.3, 0.4) is 0 Å². The number of rotatable bonds is 9. The number of aliphatic hydroxyl groups excluding tert-OH is 1. The van der Waals surface area contributed by atoms with Gasteiger partial charge in [0.15, 0.2) is 16.6 Å². The van der Waals surface area contributed by atoms with Crippen molar-refractivity contribution in [3.8, 4) is 17.2 Å². The normalized spacial score (nSPS) is 16.0. The summed E-state index contributed by atoms with van der Waals surface area (Å²) < 4.78 is 18.2. The molecule has 0 spiro atoms. The molecule has 1 atom stereocenters. The molecule has 1 amide bonds. The zero-order valence-corrected chi connectivity index (χ0v) is 25.3. The molecule has 2 heterocycles. The molecule has 1 N–H and O–H groups in total. The fourth-order valence-electron chi connectivity index (χ4n) is 5.21. The van der Waals surface area contributed by atoms with E-state index < -0.39 is 17.7 Å². The first-order chi connectivity index (χ1) is 21.4. The van der Waals surface area contributed by atoms with Crippen LogP contribution >= 0.6 is 11.3 Å². The summed E-state index contributed by atoms with van der Waals surface area (Å²) in [6, 6.07) is 26.6. The summed E-state index contributed by atoms with van der Waals surface area (Å²) in [4.78, 5) is 33.5. The van der Waals surface area contributed by atoms with Gasteiger partial charge in [0.2, 0.25) is 0 Å². The van der Waals surface area contributed by atoms with Gasteiger partial charge in [0.05, 0.1) is 35.5 Å². The summed E-state index contributed by atoms with van der Waals surface area (Å²) >= 11 is 1.31. The van der Waals surface area contributed by atoms with E-state index >= 15 is 0 Å². The van der Waals surface area contributed by atoms with Crippen LogP contribution in [0.5, 0.6) is 17.2 Å². The third-order valence-electron chi connectivity index (χ3n) is 7.36. The fraction of sp³-hybridized carbons (Fsp3) is 0.171. The van der Waals surface area contributed by atoms with Gasteiger partial charge in [0, 0.05) is 5.56 Å². The minimum Gasteiger partial charge on any atom is -0.507 e. The largest absolute Gasteiger partial charge is 0.507 e. The van der Waals surface area contributed by atoms with Crippen LogP contribution in [0.1, 0.15) is 35.2 Å². The van der Waals surface area contributed by atoms with Crippen molar-refractivity contribution < 1.29 is 28.9 Å². The van der Waals surface area contributed by atoms with E-state index in [4.69, 9.17) is 19.2 Å². The Labute approximate surface area is 258 Å². The molecule has 5 aromatic rings. The number of aromatic nitrogens is 1. The molecule has 9 heteroatoms. The highest BCUT2D eigenvalue weighted by Gasteiger charge is 2.48. The van der Waals surface area contributed by atoms with Gasteiger partial charge in [-0.15, -0.1) is 0 Å². The van der Waals surface area contributed by atoms with Crippen LogP contribution in [0.25, 0.3) is 16.0 Å². The SMILES string of the molecule is CCOc1ccc(C(O)=C2C(=O)C(=O)N(c3nc4ccc(C)cc4s3)C2c2ccc(OCc3ccccc3)c(OC)c2)cc1. The maximum Gasteiger partial charge on any atom is 0.301 e. The summed E-state index contributed by atoms with van der Waals surface area (Å²) in [6.07, 6.45) is 0. The maximum absolute atomic E-state index is 13.7. The third-order valence-corrected chi connectivity index (χ3v) is 8.38. The number of hydrogen-bond acceptors (Lipinski definition) is 8. The number of benzene rings is 4. The van der Waals surface area contributed by atoms with Crippen molar-refractivity contribution in [2.24, 2.45) is 0 Å². The number of anilines is 1. The number of ether oxygens (including phenoxy) is 3. The molecule has 222 valence electrons. The number of thiazole rings is 1. The Morgan fingerprint density at radius 2 is 1.70 bits per heavy atom. The number of carbonyl (C=O) groups is 2. The second-order valence-electron chi connectivity index (χ2n) is 10.3. The van der Waals surface area contributed by atoms with Gasteiger partial charge in [0.1, 0.15) is 18.1 Å². The summed E-state index contributed by atoms with van der Waals surface area (Å²) in [7, 11) is 1.53. The molecule has 1 unspecified atom stereocenters. The van der Waals surface area contributed by atoms with Gasteiger partial charge in [-0.25, -0.2) is 4.98 Å². The first-order valence-corrected chi connectivity index (χ1v) is 15.0. The predicted molar refractivity (Wildman–Crippen MR) is 171 cm³/mol. The molecule has 0 radical (unpaired) electrons. The average molecular weight is 607 g/mol. The molecule has 0 saturated carbocycles. The standard InChI is InChI=1S/C35H30N2O6S/c1-4-42-25-14-11-23(12-15-25)32(38)30-31(24-13-17-27(28(19-24)41-3)43-20-22-8-6-5-7-9-22)37(34(40)33(30)39)35-36-26-16-10-21(2)18-29(26)44-35/h5-19,31,38H,4,20H2,1-3H3. The lowest BCUT2D eigenvalue weighted by molar-refractivity contribution is -0.132. The fourth-order valence-corrected chi connectivity index (χ4v) is 6.30. The van der Waals surface area contributed by atoms with Crippen molar-refractivity contribution >= 4 is 44.1 Å². The van der Waals surface area contributed by atoms with Gasteiger partial charge in [-0.1, -0.05) is 53.8 Å². The Bertz CT molecular complexity index is 1880. The molecule has 1 aliphatic heterocycles. The molecule has 44 heavy (non-hydrogen) atoms. The Kier molecular flexibility index (Phi) is 8.04. The lowest BCUT2D eigenvalue weighted by Gasteiger charge is -2.24. The van der Waals surface area contributed by atoms with Crippen LogP contribution in [-0.2, 0) is 16.2 Å². The lowest BCUT2D eigenvalue weighted by atomic mass is 9.95. The molecule has 1 aliphatic rings. The molecule has 8 nitrogen and oxygen atoms in total. The van der Waals surface area contributed by atoms with Gasteiger partial charge in [-0.2, -0.15) is 0 Å². The second kappa shape index (κ2) is 12.2. The van der Waals surface area contributed by atoms with E-state index in [0.717, 1.165) is 15.8 Å². The summed E-state index contributed by atoms with van der Waals surface area (Å²) in [5, 5.41) is 11.9. The number of carbonyl (C=O) groups excluding carboxylic acids is 2. The molecule has 6 rings (SSSR count). The van der Waals surface area contributed by atoms with E-state index in [-0.39, 0.29) is 11.3 Å². The van der Waals surface area contributed by atoms with Gasteiger partial charge in [0.25, 0.3) is 5.78 Å². The topological polar surface area (TPSA) is 98.2 Å². The summed E-state index contributed by atoms with van der Waals surface area (Å²) in [5.74, 6) is -0.327. The van der Waals surface area contributed by atoms with Crippen LogP contribution < -0.4 is 19.1 Å². The van der Waals surface area contributed by atoms with Gasteiger partial charge in [-0.3, -0.25) is 14.5 Å². The van der Waals surface area contributed by atoms with E-state index in [9.17, 15) is 14.7 Å². The van der Waals surface area contributed by atoms with Crippen molar-refractivity contribution in [1.82, 2.24) is 4.98 Å². The van der Waals surface area contributed by atoms with E-state index in [1.165, 1.54) is 23.3 Å². The number of Topliss-reactive ketones (excluding diaryl/α,β-unsaturated/α-hetero) is 1. The first-order valence-electron chi connectivity index (χ1n) is 14.1. The number of amides is 1. The minimum atomic E-state index is -0.972. The molecule has 1 saturated heterocycles. The first kappa shape index (κ1) is 28.9. The smallest absolute Gasteiger partial charge is 0.301 e. The van der Waals surface area contributed by atoms with E-state index in [1.807, 2.05) is 62.4 Å². The number of methoxy groups -OCH3 is 1.